The standard InChI is InChI=1S/C25H28F3N5O3/c1-32-18-11-29-21(30-17-5-15-2-3-36-19(15)6-16(17)25(26,27)28)31-20(18)33(22(32)34)23-7-13-4-14(8-23)10-24(35,9-13)12-23/h5-6,11,13-15,19,35H,2-4,7-10,12H2,1H3,(H,29,30,31). The van der Waals surface area contributed by atoms with Gasteiger partial charge < -0.3 is 15.2 Å². The van der Waals surface area contributed by atoms with Crippen molar-refractivity contribution in [3.05, 3.63) is 40.1 Å². The number of alkyl halides is 3. The molecule has 2 aromatic heterocycles. The number of aryl methyl sites for hydroxylation is 1. The van der Waals surface area contributed by atoms with Crippen molar-refractivity contribution in [2.24, 2.45) is 24.8 Å². The van der Waals surface area contributed by atoms with E-state index in [9.17, 15) is 23.1 Å². The first kappa shape index (κ1) is 22.5. The van der Waals surface area contributed by atoms with Gasteiger partial charge in [0.1, 0.15) is 5.52 Å². The normalized spacial score (nSPS) is 37.2. The number of rotatable bonds is 3. The molecule has 192 valence electrons. The third-order valence-electron chi connectivity index (χ3n) is 9.01. The maximum absolute atomic E-state index is 13.9. The van der Waals surface area contributed by atoms with E-state index in [2.05, 4.69) is 15.3 Å². The fourth-order valence-electron chi connectivity index (χ4n) is 8.04. The molecule has 5 aliphatic carbocycles. The van der Waals surface area contributed by atoms with E-state index in [0.717, 1.165) is 38.2 Å². The Morgan fingerprint density at radius 2 is 1.94 bits per heavy atom. The first-order valence-corrected chi connectivity index (χ1v) is 12.6. The van der Waals surface area contributed by atoms with E-state index in [-0.39, 0.29) is 23.3 Å². The number of imidazole rings is 1. The summed E-state index contributed by atoms with van der Waals surface area (Å²) in [6.45, 7) is 0.413. The second kappa shape index (κ2) is 7.22. The van der Waals surface area contributed by atoms with Gasteiger partial charge >= 0.3 is 11.9 Å². The zero-order chi connectivity index (χ0) is 25.0. The van der Waals surface area contributed by atoms with Crippen LogP contribution in [0.15, 0.2) is 34.4 Å². The van der Waals surface area contributed by atoms with E-state index < -0.39 is 29.0 Å². The molecule has 2 N–H and O–H groups in total. The maximum atomic E-state index is 13.9. The Hall–Kier alpha value is -2.66. The molecule has 11 heteroatoms. The fraction of sp³-hybridized carbons (Fsp3) is 0.640. The van der Waals surface area contributed by atoms with Crippen LogP contribution in [0.3, 0.4) is 0 Å². The van der Waals surface area contributed by atoms with Gasteiger partial charge in [0.15, 0.2) is 5.65 Å². The minimum atomic E-state index is -4.57. The van der Waals surface area contributed by atoms with Crippen molar-refractivity contribution in [2.75, 3.05) is 11.9 Å². The molecule has 4 bridgehead atoms. The molecule has 1 saturated heterocycles. The van der Waals surface area contributed by atoms with Gasteiger partial charge in [-0.3, -0.25) is 9.13 Å². The summed E-state index contributed by atoms with van der Waals surface area (Å²) >= 11 is 0. The highest BCUT2D eigenvalue weighted by Gasteiger charge is 2.59. The summed E-state index contributed by atoms with van der Waals surface area (Å²) in [4.78, 5) is 22.4. The predicted molar refractivity (Wildman–Crippen MR) is 124 cm³/mol. The topological polar surface area (TPSA) is 94.2 Å². The number of halogens is 3. The van der Waals surface area contributed by atoms with Crippen LogP contribution in [0.1, 0.15) is 44.9 Å². The molecule has 4 saturated carbocycles. The second-order valence-electron chi connectivity index (χ2n) is 11.6. The van der Waals surface area contributed by atoms with E-state index in [1.54, 1.807) is 17.7 Å². The Labute approximate surface area is 204 Å². The Bertz CT molecular complexity index is 1380. The molecule has 0 radical (unpaired) electrons. The fourth-order valence-corrected chi connectivity index (χ4v) is 8.04. The lowest BCUT2D eigenvalue weighted by atomic mass is 9.51. The molecule has 0 spiro atoms. The van der Waals surface area contributed by atoms with Crippen molar-refractivity contribution >= 4 is 17.1 Å². The summed E-state index contributed by atoms with van der Waals surface area (Å²) in [6.07, 6.45) is 4.35. The van der Waals surface area contributed by atoms with Gasteiger partial charge in [-0.1, -0.05) is 6.08 Å². The minimum Gasteiger partial charge on any atom is -0.390 e. The number of nitrogens with zero attached hydrogens (tertiary/aromatic N) is 4. The van der Waals surface area contributed by atoms with Gasteiger partial charge in [0.05, 0.1) is 29.0 Å². The highest BCUT2D eigenvalue weighted by Crippen LogP contribution is 2.60. The predicted octanol–water partition coefficient (Wildman–Crippen LogP) is 3.37. The van der Waals surface area contributed by atoms with Crippen molar-refractivity contribution in [1.82, 2.24) is 19.1 Å². The smallest absolute Gasteiger partial charge is 0.390 e. The monoisotopic (exact) mass is 503 g/mol. The van der Waals surface area contributed by atoms with Crippen LogP contribution in [0.2, 0.25) is 0 Å². The lowest BCUT2D eigenvalue weighted by molar-refractivity contribution is -0.156. The van der Waals surface area contributed by atoms with Gasteiger partial charge in [0.2, 0.25) is 5.95 Å². The van der Waals surface area contributed by atoms with Gasteiger partial charge in [-0.15, -0.1) is 0 Å². The van der Waals surface area contributed by atoms with Gasteiger partial charge in [-0.05, 0) is 62.9 Å². The van der Waals surface area contributed by atoms with E-state index in [0.29, 0.717) is 42.4 Å². The number of hydrogen-bond donors (Lipinski definition) is 2. The van der Waals surface area contributed by atoms with Crippen molar-refractivity contribution in [2.45, 2.75) is 68.4 Å². The molecule has 6 aliphatic rings. The number of aromatic nitrogens is 4. The molecule has 1 aliphatic heterocycles. The molecular weight excluding hydrogens is 475 g/mol. The van der Waals surface area contributed by atoms with Gasteiger partial charge in [-0.2, -0.15) is 18.2 Å². The van der Waals surface area contributed by atoms with Crippen molar-refractivity contribution in [3.8, 4) is 0 Å². The van der Waals surface area contributed by atoms with Gasteiger partial charge in [0.25, 0.3) is 0 Å². The molecule has 3 heterocycles. The highest BCUT2D eigenvalue weighted by atomic mass is 19.4. The van der Waals surface area contributed by atoms with Gasteiger partial charge in [-0.25, -0.2) is 9.78 Å². The summed E-state index contributed by atoms with van der Waals surface area (Å²) in [5, 5.41) is 14.1. The molecule has 36 heavy (non-hydrogen) atoms. The Morgan fingerprint density at radius 1 is 1.19 bits per heavy atom. The first-order valence-electron chi connectivity index (χ1n) is 12.6. The molecule has 8 nitrogen and oxygen atoms in total. The quantitative estimate of drug-likeness (QED) is 0.667. The number of nitrogens with one attached hydrogen (secondary N) is 1. The van der Waals surface area contributed by atoms with Crippen molar-refractivity contribution in [1.29, 1.82) is 0 Å². The Morgan fingerprint density at radius 3 is 2.64 bits per heavy atom. The number of hydrogen-bond acceptors (Lipinski definition) is 6. The summed E-state index contributed by atoms with van der Waals surface area (Å²) in [5.41, 5.74) is -1.55. The van der Waals surface area contributed by atoms with Crippen molar-refractivity contribution in [3.63, 3.8) is 0 Å². The van der Waals surface area contributed by atoms with Gasteiger partial charge in [0, 0.05) is 25.3 Å². The van der Waals surface area contributed by atoms with E-state index in [1.165, 1.54) is 10.8 Å². The first-order chi connectivity index (χ1) is 17.0. The molecule has 4 unspecified atom stereocenters. The highest BCUT2D eigenvalue weighted by molar-refractivity contribution is 5.73. The molecule has 5 fully saturated rings. The number of anilines is 1. The van der Waals surface area contributed by atoms with E-state index >= 15 is 0 Å². The number of allylic oxidation sites excluding steroid dienone is 1. The Balaban J connectivity index is 1.31. The summed E-state index contributed by atoms with van der Waals surface area (Å²) in [6, 6.07) is 0. The number of fused-ring (bicyclic) bond motifs is 2. The molecule has 8 rings (SSSR count). The molecule has 0 amide bonds. The molecule has 0 aromatic carbocycles. The number of aliphatic hydroxyl groups is 1. The van der Waals surface area contributed by atoms with Crippen LogP contribution in [0, 0.1) is 17.8 Å². The minimum absolute atomic E-state index is 0.00375. The second-order valence-corrected chi connectivity index (χ2v) is 11.6. The molecule has 4 atom stereocenters. The zero-order valence-electron chi connectivity index (χ0n) is 19.9. The van der Waals surface area contributed by atoms with Crippen LogP contribution in [0.4, 0.5) is 19.1 Å². The SMILES string of the molecule is Cn1c(=O)n(C23CC4CC(CC(O)(C4)C2)C3)c2nc(NC3=CC4CCOC4C=C3C(F)(F)F)ncc21. The number of ether oxygens (including phenoxy) is 1. The third kappa shape index (κ3) is 3.24. The average Bonchev–Trinajstić information content (AvgIpc) is 3.33. The largest absolute Gasteiger partial charge is 0.418 e. The van der Waals surface area contributed by atoms with Crippen LogP contribution in [-0.2, 0) is 17.3 Å². The van der Waals surface area contributed by atoms with Crippen LogP contribution in [-0.4, -0.2) is 48.7 Å². The van der Waals surface area contributed by atoms with Crippen LogP contribution < -0.4 is 11.0 Å². The van der Waals surface area contributed by atoms with E-state index in [1.807, 2.05) is 0 Å². The lowest BCUT2D eigenvalue weighted by Crippen LogP contribution is -2.61. The lowest BCUT2D eigenvalue weighted by Gasteiger charge is -2.60. The third-order valence-corrected chi connectivity index (χ3v) is 9.01. The summed E-state index contributed by atoms with van der Waals surface area (Å²) in [7, 11) is 1.65. The molecular formula is C25H28F3N5O3. The van der Waals surface area contributed by atoms with Crippen LogP contribution >= 0.6 is 0 Å². The van der Waals surface area contributed by atoms with E-state index in [4.69, 9.17) is 4.74 Å². The average molecular weight is 504 g/mol. The van der Waals surface area contributed by atoms with Crippen LogP contribution in [0.5, 0.6) is 0 Å². The molecule has 2 aromatic rings. The van der Waals surface area contributed by atoms with Crippen molar-refractivity contribution < 1.29 is 23.0 Å². The summed E-state index contributed by atoms with van der Waals surface area (Å²) in [5.74, 6) is 0.562. The Kier molecular flexibility index (Phi) is 4.52. The summed E-state index contributed by atoms with van der Waals surface area (Å²) < 4.78 is 50.2. The van der Waals surface area contributed by atoms with Crippen LogP contribution in [0.25, 0.3) is 11.2 Å². The maximum Gasteiger partial charge on any atom is 0.418 e. The zero-order valence-corrected chi connectivity index (χ0v) is 19.9.